The molecule has 19 heavy (non-hydrogen) atoms. The van der Waals surface area contributed by atoms with Gasteiger partial charge in [0.15, 0.2) is 0 Å². The van der Waals surface area contributed by atoms with Gasteiger partial charge < -0.3 is 0 Å². The summed E-state index contributed by atoms with van der Waals surface area (Å²) in [6.45, 7) is 15.9. The summed E-state index contributed by atoms with van der Waals surface area (Å²) in [7, 11) is 0. The quantitative estimate of drug-likeness (QED) is 0.446. The molecule has 2 aliphatic carbocycles. The molecule has 0 heterocycles. The van der Waals surface area contributed by atoms with E-state index in [1.807, 2.05) is 13.8 Å². The van der Waals surface area contributed by atoms with E-state index in [2.05, 4.69) is 34.6 Å². The molecule has 0 bridgehead atoms. The van der Waals surface area contributed by atoms with Crippen LogP contribution in [0.4, 0.5) is 0 Å². The molecule has 0 heteroatoms. The standard InChI is InChI=1S/C9H18.C8H16.C2H6/c1-7-5-4-6-8(2)9(7)3;1-7-3-5-8(2)6-4-7;1-2/h7-9H,4-6H2,1-3H3;7-8H,3-6H2,1-2H3;1-2H3. The van der Waals surface area contributed by atoms with Crippen molar-refractivity contribution in [1.82, 2.24) is 0 Å². The first-order chi connectivity index (χ1) is 9.00. The van der Waals surface area contributed by atoms with E-state index in [9.17, 15) is 0 Å². The van der Waals surface area contributed by atoms with Gasteiger partial charge in [0.25, 0.3) is 0 Å². The van der Waals surface area contributed by atoms with Crippen LogP contribution in [0.15, 0.2) is 0 Å². The van der Waals surface area contributed by atoms with Gasteiger partial charge in [-0.1, -0.05) is 93.4 Å². The molecule has 2 aliphatic rings. The summed E-state index contributed by atoms with van der Waals surface area (Å²) in [5.74, 6) is 4.97. The van der Waals surface area contributed by atoms with Gasteiger partial charge in [-0.3, -0.25) is 0 Å². The first-order valence-corrected chi connectivity index (χ1v) is 9.00. The Morgan fingerprint density at radius 3 is 1.11 bits per heavy atom. The normalized spacial score (nSPS) is 38.4. The molecule has 2 atom stereocenters. The van der Waals surface area contributed by atoms with Crippen LogP contribution < -0.4 is 0 Å². The molecular weight excluding hydrogens is 228 g/mol. The van der Waals surface area contributed by atoms with Gasteiger partial charge in [-0.2, -0.15) is 0 Å². The van der Waals surface area contributed by atoms with E-state index in [4.69, 9.17) is 0 Å². The molecule has 0 nitrogen and oxygen atoms in total. The van der Waals surface area contributed by atoms with Crippen molar-refractivity contribution in [3.05, 3.63) is 0 Å². The van der Waals surface area contributed by atoms with E-state index in [1.165, 1.54) is 44.9 Å². The lowest BCUT2D eigenvalue weighted by Crippen LogP contribution is -2.21. The van der Waals surface area contributed by atoms with Gasteiger partial charge in [-0.05, 0) is 29.6 Å². The number of rotatable bonds is 0. The smallest absolute Gasteiger partial charge is 0.0391 e. The predicted octanol–water partition coefficient (Wildman–Crippen LogP) is 6.94. The number of hydrogen-bond acceptors (Lipinski definition) is 0. The van der Waals surface area contributed by atoms with Gasteiger partial charge in [-0.25, -0.2) is 0 Å². The predicted molar refractivity (Wildman–Crippen MR) is 89.5 cm³/mol. The largest absolute Gasteiger partial charge is 0.0683 e. The van der Waals surface area contributed by atoms with Crippen LogP contribution in [0.3, 0.4) is 0 Å². The van der Waals surface area contributed by atoms with Crippen LogP contribution in [0, 0.1) is 29.6 Å². The Bertz CT molecular complexity index is 168. The molecule has 0 spiro atoms. The Kier molecular flexibility index (Phi) is 10.7. The third-order valence-electron chi connectivity index (χ3n) is 5.42. The molecule has 0 saturated heterocycles. The number of hydrogen-bond donors (Lipinski definition) is 0. The fourth-order valence-corrected chi connectivity index (χ4v) is 3.28. The molecule has 2 fully saturated rings. The topological polar surface area (TPSA) is 0 Å². The molecule has 0 aliphatic heterocycles. The van der Waals surface area contributed by atoms with Gasteiger partial charge in [0.2, 0.25) is 0 Å². The Morgan fingerprint density at radius 1 is 0.526 bits per heavy atom. The minimum atomic E-state index is 0.971. The van der Waals surface area contributed by atoms with Crippen molar-refractivity contribution in [1.29, 1.82) is 0 Å². The molecule has 2 rings (SSSR count). The van der Waals surface area contributed by atoms with E-state index in [0.29, 0.717) is 0 Å². The molecule has 2 saturated carbocycles. The van der Waals surface area contributed by atoms with Crippen LogP contribution in [0.25, 0.3) is 0 Å². The first-order valence-electron chi connectivity index (χ1n) is 9.00. The fourth-order valence-electron chi connectivity index (χ4n) is 3.28. The molecule has 0 aromatic heterocycles. The second-order valence-corrected chi connectivity index (χ2v) is 7.11. The lowest BCUT2D eigenvalue weighted by Gasteiger charge is -2.31. The van der Waals surface area contributed by atoms with Gasteiger partial charge in [-0.15, -0.1) is 0 Å². The third kappa shape index (κ3) is 8.00. The maximum absolute atomic E-state index is 2.40. The summed E-state index contributed by atoms with van der Waals surface area (Å²) in [6.07, 6.45) is 10.3. The van der Waals surface area contributed by atoms with Crippen LogP contribution in [-0.2, 0) is 0 Å². The average molecular weight is 269 g/mol. The van der Waals surface area contributed by atoms with Gasteiger partial charge in [0, 0.05) is 0 Å². The highest BCUT2D eigenvalue weighted by atomic mass is 14.3. The maximum atomic E-state index is 2.40. The lowest BCUT2D eigenvalue weighted by molar-refractivity contribution is 0.197. The second kappa shape index (κ2) is 10.7. The van der Waals surface area contributed by atoms with E-state index < -0.39 is 0 Å². The van der Waals surface area contributed by atoms with Crippen molar-refractivity contribution in [2.45, 2.75) is 93.4 Å². The minimum absolute atomic E-state index is 0.971. The van der Waals surface area contributed by atoms with Crippen LogP contribution in [0.1, 0.15) is 93.4 Å². The van der Waals surface area contributed by atoms with Crippen molar-refractivity contribution < 1.29 is 0 Å². The molecule has 0 radical (unpaired) electrons. The molecule has 0 N–H and O–H groups in total. The molecular formula is C19H40. The van der Waals surface area contributed by atoms with E-state index in [0.717, 1.165) is 29.6 Å². The monoisotopic (exact) mass is 268 g/mol. The van der Waals surface area contributed by atoms with Crippen LogP contribution in [0.5, 0.6) is 0 Å². The van der Waals surface area contributed by atoms with Crippen LogP contribution in [-0.4, -0.2) is 0 Å². The zero-order valence-corrected chi connectivity index (χ0v) is 14.8. The van der Waals surface area contributed by atoms with E-state index in [-0.39, 0.29) is 0 Å². The van der Waals surface area contributed by atoms with Crippen molar-refractivity contribution in [2.24, 2.45) is 29.6 Å². The Hall–Kier alpha value is 0. The van der Waals surface area contributed by atoms with Crippen molar-refractivity contribution in [2.75, 3.05) is 0 Å². The molecule has 0 amide bonds. The Labute approximate surface area is 123 Å². The third-order valence-corrected chi connectivity index (χ3v) is 5.42. The average Bonchev–Trinajstić information content (AvgIpc) is 2.42. The SMILES string of the molecule is CC.CC1CCC(C)CC1.CC1CCCC(C)C1C. The summed E-state index contributed by atoms with van der Waals surface area (Å²) in [5, 5.41) is 0. The van der Waals surface area contributed by atoms with Crippen molar-refractivity contribution in [3.8, 4) is 0 Å². The van der Waals surface area contributed by atoms with E-state index in [1.54, 1.807) is 0 Å². The Balaban J connectivity index is 0.000000303. The highest BCUT2D eigenvalue weighted by Crippen LogP contribution is 2.33. The van der Waals surface area contributed by atoms with E-state index >= 15 is 0 Å². The molecule has 116 valence electrons. The van der Waals surface area contributed by atoms with Crippen molar-refractivity contribution in [3.63, 3.8) is 0 Å². The zero-order valence-electron chi connectivity index (χ0n) is 14.8. The van der Waals surface area contributed by atoms with Gasteiger partial charge in [0.05, 0.1) is 0 Å². The second-order valence-electron chi connectivity index (χ2n) is 7.11. The summed E-state index contributed by atoms with van der Waals surface area (Å²) in [6, 6.07) is 0. The molecule has 0 aromatic rings. The summed E-state index contributed by atoms with van der Waals surface area (Å²) in [4.78, 5) is 0. The van der Waals surface area contributed by atoms with Crippen molar-refractivity contribution >= 4 is 0 Å². The summed E-state index contributed by atoms with van der Waals surface area (Å²) in [5.41, 5.74) is 0. The summed E-state index contributed by atoms with van der Waals surface area (Å²) < 4.78 is 0. The highest BCUT2D eigenvalue weighted by molar-refractivity contribution is 4.73. The Morgan fingerprint density at radius 2 is 0.842 bits per heavy atom. The zero-order chi connectivity index (χ0) is 14.8. The van der Waals surface area contributed by atoms with Gasteiger partial charge in [0.1, 0.15) is 0 Å². The first kappa shape index (κ1) is 19.0. The summed E-state index contributed by atoms with van der Waals surface area (Å²) >= 11 is 0. The van der Waals surface area contributed by atoms with Gasteiger partial charge >= 0.3 is 0 Å². The lowest BCUT2D eigenvalue weighted by atomic mass is 9.75. The molecule has 0 aromatic carbocycles. The van der Waals surface area contributed by atoms with Crippen LogP contribution >= 0.6 is 0 Å². The minimum Gasteiger partial charge on any atom is -0.0683 e. The molecule has 2 unspecified atom stereocenters. The highest BCUT2D eigenvalue weighted by Gasteiger charge is 2.22. The van der Waals surface area contributed by atoms with Crippen LogP contribution in [0.2, 0.25) is 0 Å². The maximum Gasteiger partial charge on any atom is -0.0391 e. The fraction of sp³-hybridized carbons (Fsp3) is 1.00.